The van der Waals surface area contributed by atoms with Crippen LogP contribution in [-0.2, 0) is 6.54 Å². The zero-order valence-corrected chi connectivity index (χ0v) is 11.7. The zero-order chi connectivity index (χ0) is 14.5. The van der Waals surface area contributed by atoms with Gasteiger partial charge < -0.3 is 16.4 Å². The second kappa shape index (κ2) is 6.10. The Morgan fingerprint density at radius 3 is 2.45 bits per heavy atom. The highest BCUT2D eigenvalue weighted by molar-refractivity contribution is 5.92. The quantitative estimate of drug-likeness (QED) is 0.749. The van der Waals surface area contributed by atoms with E-state index in [9.17, 15) is 4.79 Å². The fraction of sp³-hybridized carbons (Fsp3) is 0.188. The molecule has 0 unspecified atom stereocenters. The van der Waals surface area contributed by atoms with Crippen LogP contribution in [0.1, 0.15) is 16.7 Å². The highest BCUT2D eigenvalue weighted by atomic mass is 16.2. The number of carbonyl (C=O) groups excluding carboxylic acids is 1. The minimum absolute atomic E-state index is 0.260. The average molecular weight is 269 g/mol. The lowest BCUT2D eigenvalue weighted by Gasteiger charge is -2.12. The molecule has 4 N–H and O–H groups in total. The Hall–Kier alpha value is -2.49. The van der Waals surface area contributed by atoms with E-state index in [-0.39, 0.29) is 6.03 Å². The van der Waals surface area contributed by atoms with Crippen molar-refractivity contribution >= 4 is 17.4 Å². The minimum Gasteiger partial charge on any atom is -0.397 e. The van der Waals surface area contributed by atoms with Crippen molar-refractivity contribution in [1.82, 2.24) is 5.32 Å². The SMILES string of the molecule is Cc1cc(N)c(NC(=O)NCc2ccccc2)cc1C. The average Bonchev–Trinajstić information content (AvgIpc) is 2.44. The number of anilines is 2. The third kappa shape index (κ3) is 3.51. The molecule has 0 atom stereocenters. The number of benzene rings is 2. The molecule has 104 valence electrons. The Morgan fingerprint density at radius 1 is 1.10 bits per heavy atom. The van der Waals surface area contributed by atoms with E-state index in [1.54, 1.807) is 0 Å². The summed E-state index contributed by atoms with van der Waals surface area (Å²) in [5, 5.41) is 5.58. The first-order valence-corrected chi connectivity index (χ1v) is 6.52. The summed E-state index contributed by atoms with van der Waals surface area (Å²) < 4.78 is 0. The van der Waals surface area contributed by atoms with Gasteiger partial charge in [-0.15, -0.1) is 0 Å². The summed E-state index contributed by atoms with van der Waals surface area (Å²) in [6.45, 7) is 4.46. The van der Waals surface area contributed by atoms with Gasteiger partial charge in [0, 0.05) is 6.54 Å². The van der Waals surface area contributed by atoms with Crippen molar-refractivity contribution in [3.8, 4) is 0 Å². The van der Waals surface area contributed by atoms with Gasteiger partial charge >= 0.3 is 6.03 Å². The lowest BCUT2D eigenvalue weighted by molar-refractivity contribution is 0.252. The van der Waals surface area contributed by atoms with Gasteiger partial charge in [0.25, 0.3) is 0 Å². The Balaban J connectivity index is 1.97. The maximum atomic E-state index is 11.9. The summed E-state index contributed by atoms with van der Waals surface area (Å²) in [6, 6.07) is 13.2. The fourth-order valence-corrected chi connectivity index (χ4v) is 1.89. The summed E-state index contributed by atoms with van der Waals surface area (Å²) in [7, 11) is 0. The van der Waals surface area contributed by atoms with E-state index >= 15 is 0 Å². The summed E-state index contributed by atoms with van der Waals surface area (Å²) in [5.74, 6) is 0. The maximum absolute atomic E-state index is 11.9. The standard InChI is InChI=1S/C16H19N3O/c1-11-8-14(17)15(9-12(11)2)19-16(20)18-10-13-6-4-3-5-7-13/h3-9H,10,17H2,1-2H3,(H2,18,19,20). The molecule has 2 rings (SSSR count). The van der Waals surface area contributed by atoms with E-state index in [1.807, 2.05) is 56.3 Å². The number of nitrogen functional groups attached to an aromatic ring is 1. The number of carbonyl (C=O) groups is 1. The topological polar surface area (TPSA) is 67.1 Å². The number of hydrogen-bond donors (Lipinski definition) is 3. The number of urea groups is 1. The van der Waals surface area contributed by atoms with Gasteiger partial charge in [-0.2, -0.15) is 0 Å². The Morgan fingerprint density at radius 2 is 1.75 bits per heavy atom. The first-order valence-electron chi connectivity index (χ1n) is 6.52. The highest BCUT2D eigenvalue weighted by Crippen LogP contribution is 2.22. The lowest BCUT2D eigenvalue weighted by Crippen LogP contribution is -2.28. The highest BCUT2D eigenvalue weighted by Gasteiger charge is 2.06. The molecule has 0 aliphatic rings. The van der Waals surface area contributed by atoms with Crippen molar-refractivity contribution in [3.05, 3.63) is 59.2 Å². The van der Waals surface area contributed by atoms with Gasteiger partial charge in [-0.05, 0) is 42.7 Å². The van der Waals surface area contributed by atoms with Crippen LogP contribution in [0.4, 0.5) is 16.2 Å². The summed E-state index contributed by atoms with van der Waals surface area (Å²) in [6.07, 6.45) is 0. The Labute approximate surface area is 119 Å². The van der Waals surface area contributed by atoms with Crippen LogP contribution in [0.25, 0.3) is 0 Å². The molecule has 0 bridgehead atoms. The monoisotopic (exact) mass is 269 g/mol. The van der Waals surface area contributed by atoms with Crippen molar-refractivity contribution in [2.24, 2.45) is 0 Å². The Kier molecular flexibility index (Phi) is 4.25. The molecule has 4 nitrogen and oxygen atoms in total. The fourth-order valence-electron chi connectivity index (χ4n) is 1.89. The van der Waals surface area contributed by atoms with Crippen LogP contribution in [-0.4, -0.2) is 6.03 Å². The smallest absolute Gasteiger partial charge is 0.319 e. The molecule has 2 aromatic carbocycles. The van der Waals surface area contributed by atoms with Crippen LogP contribution in [0.5, 0.6) is 0 Å². The van der Waals surface area contributed by atoms with Crippen LogP contribution in [0, 0.1) is 13.8 Å². The van der Waals surface area contributed by atoms with Gasteiger partial charge in [-0.3, -0.25) is 0 Å². The van der Waals surface area contributed by atoms with Crippen LogP contribution in [0.2, 0.25) is 0 Å². The van der Waals surface area contributed by atoms with Crippen LogP contribution >= 0.6 is 0 Å². The molecule has 0 aromatic heterocycles. The number of rotatable bonds is 3. The summed E-state index contributed by atoms with van der Waals surface area (Å²) in [4.78, 5) is 11.9. The second-order valence-corrected chi connectivity index (χ2v) is 4.82. The largest absolute Gasteiger partial charge is 0.397 e. The van der Waals surface area contributed by atoms with Crippen molar-refractivity contribution in [3.63, 3.8) is 0 Å². The first kappa shape index (κ1) is 13.9. The molecule has 0 radical (unpaired) electrons. The van der Waals surface area contributed by atoms with E-state index in [4.69, 9.17) is 5.73 Å². The van der Waals surface area contributed by atoms with Crippen molar-refractivity contribution in [1.29, 1.82) is 0 Å². The molecule has 2 aromatic rings. The normalized spacial score (nSPS) is 10.1. The van der Waals surface area contributed by atoms with Crippen LogP contribution < -0.4 is 16.4 Å². The van der Waals surface area contributed by atoms with E-state index in [2.05, 4.69) is 10.6 Å². The molecule has 0 fully saturated rings. The summed E-state index contributed by atoms with van der Waals surface area (Å²) >= 11 is 0. The second-order valence-electron chi connectivity index (χ2n) is 4.82. The van der Waals surface area contributed by atoms with Gasteiger partial charge in [0.05, 0.1) is 11.4 Å². The molecule has 0 saturated heterocycles. The molecule has 0 aliphatic carbocycles. The van der Waals surface area contributed by atoms with E-state index < -0.39 is 0 Å². The van der Waals surface area contributed by atoms with E-state index in [0.29, 0.717) is 17.9 Å². The van der Waals surface area contributed by atoms with E-state index in [0.717, 1.165) is 16.7 Å². The van der Waals surface area contributed by atoms with Gasteiger partial charge in [-0.1, -0.05) is 30.3 Å². The predicted molar refractivity (Wildman–Crippen MR) is 82.6 cm³/mol. The Bertz CT molecular complexity index is 609. The molecule has 20 heavy (non-hydrogen) atoms. The third-order valence-corrected chi connectivity index (χ3v) is 3.21. The van der Waals surface area contributed by atoms with Gasteiger partial charge in [0.2, 0.25) is 0 Å². The van der Waals surface area contributed by atoms with Crippen molar-refractivity contribution in [2.45, 2.75) is 20.4 Å². The zero-order valence-electron chi connectivity index (χ0n) is 11.7. The number of nitrogens with one attached hydrogen (secondary N) is 2. The molecular formula is C16H19N3O. The molecule has 0 spiro atoms. The van der Waals surface area contributed by atoms with Crippen molar-refractivity contribution in [2.75, 3.05) is 11.1 Å². The van der Waals surface area contributed by atoms with Gasteiger partial charge in [0.15, 0.2) is 0 Å². The maximum Gasteiger partial charge on any atom is 0.319 e. The van der Waals surface area contributed by atoms with E-state index in [1.165, 1.54) is 0 Å². The molecule has 4 heteroatoms. The van der Waals surface area contributed by atoms with Gasteiger partial charge in [-0.25, -0.2) is 4.79 Å². The number of aryl methyl sites for hydroxylation is 2. The number of nitrogens with two attached hydrogens (primary N) is 1. The molecular weight excluding hydrogens is 250 g/mol. The van der Waals surface area contributed by atoms with Gasteiger partial charge in [0.1, 0.15) is 0 Å². The van der Waals surface area contributed by atoms with Crippen LogP contribution in [0.15, 0.2) is 42.5 Å². The minimum atomic E-state index is -0.260. The number of amides is 2. The van der Waals surface area contributed by atoms with Crippen molar-refractivity contribution < 1.29 is 4.79 Å². The van der Waals surface area contributed by atoms with Crippen LogP contribution in [0.3, 0.4) is 0 Å². The molecule has 2 amide bonds. The third-order valence-electron chi connectivity index (χ3n) is 3.21. The molecule has 0 heterocycles. The summed E-state index contributed by atoms with van der Waals surface area (Å²) in [5.41, 5.74) is 10.4. The molecule has 0 aliphatic heterocycles. The predicted octanol–water partition coefficient (Wildman–Crippen LogP) is 3.21. The lowest BCUT2D eigenvalue weighted by atomic mass is 10.1. The molecule has 0 saturated carbocycles. The number of hydrogen-bond acceptors (Lipinski definition) is 2. The first-order chi connectivity index (χ1) is 9.56.